The molecule has 6 nitrogen and oxygen atoms in total. The molecule has 0 bridgehead atoms. The van der Waals surface area contributed by atoms with E-state index < -0.39 is 10.0 Å². The number of carbonyl (C=O) groups is 1. The van der Waals surface area contributed by atoms with Crippen LogP contribution in [0.4, 0.5) is 5.69 Å². The Labute approximate surface area is 160 Å². The van der Waals surface area contributed by atoms with Crippen molar-refractivity contribution in [2.75, 3.05) is 5.32 Å². The summed E-state index contributed by atoms with van der Waals surface area (Å²) in [5, 5.41) is 4.91. The lowest BCUT2D eigenvalue weighted by molar-refractivity contribution is -0.133. The first kappa shape index (κ1) is 17.4. The van der Waals surface area contributed by atoms with Crippen LogP contribution < -0.4 is 10.1 Å². The van der Waals surface area contributed by atoms with Crippen molar-refractivity contribution in [3.8, 4) is 5.75 Å². The molecule has 0 unspecified atom stereocenters. The van der Waals surface area contributed by atoms with Crippen LogP contribution in [0.15, 0.2) is 75.3 Å². The quantitative estimate of drug-likeness (QED) is 0.537. The van der Waals surface area contributed by atoms with Crippen LogP contribution in [0.5, 0.6) is 5.75 Å². The number of thiophene rings is 1. The van der Waals surface area contributed by atoms with Crippen molar-refractivity contribution in [1.29, 1.82) is 0 Å². The zero-order valence-electron chi connectivity index (χ0n) is 14.0. The van der Waals surface area contributed by atoms with Crippen molar-refractivity contribution in [1.82, 2.24) is 0 Å². The van der Waals surface area contributed by atoms with Gasteiger partial charge in [0.05, 0.1) is 6.42 Å². The fourth-order valence-electron chi connectivity index (χ4n) is 2.66. The van der Waals surface area contributed by atoms with Gasteiger partial charge in [0, 0.05) is 16.1 Å². The molecule has 8 heteroatoms. The molecule has 136 valence electrons. The highest BCUT2D eigenvalue weighted by Gasteiger charge is 2.28. The molecule has 1 aliphatic heterocycles. The molecule has 1 N–H and O–H groups in total. The molecule has 0 radical (unpaired) electrons. The van der Waals surface area contributed by atoms with Crippen molar-refractivity contribution in [3.63, 3.8) is 0 Å². The monoisotopic (exact) mass is 398 g/mol. The predicted molar refractivity (Wildman–Crippen MR) is 104 cm³/mol. The third-order valence-corrected chi connectivity index (χ3v) is 6.09. The summed E-state index contributed by atoms with van der Waals surface area (Å²) in [6.45, 7) is 0. The Balaban J connectivity index is 1.45. The average Bonchev–Trinajstić information content (AvgIpc) is 3.23. The maximum atomic E-state index is 12.1. The van der Waals surface area contributed by atoms with E-state index in [-0.39, 0.29) is 23.1 Å². The molecule has 0 spiro atoms. The SMILES string of the molecule is O=C(Cc1cccs1)Oc1ccc(NC2=NS(=O)(=O)c3ccccc32)cc1. The maximum absolute atomic E-state index is 12.1. The van der Waals surface area contributed by atoms with Gasteiger partial charge in [-0.1, -0.05) is 18.2 Å². The van der Waals surface area contributed by atoms with Crippen molar-refractivity contribution in [3.05, 3.63) is 76.5 Å². The Morgan fingerprint density at radius 1 is 1.04 bits per heavy atom. The Morgan fingerprint density at radius 3 is 2.56 bits per heavy atom. The molecule has 1 aliphatic rings. The van der Waals surface area contributed by atoms with Crippen molar-refractivity contribution in [2.24, 2.45) is 4.40 Å². The molecule has 1 aromatic heterocycles. The molecule has 2 aromatic carbocycles. The Kier molecular flexibility index (Phi) is 4.51. The number of amidine groups is 1. The van der Waals surface area contributed by atoms with Crippen LogP contribution in [0, 0.1) is 0 Å². The Hall–Kier alpha value is -2.97. The maximum Gasteiger partial charge on any atom is 0.316 e. The predicted octanol–water partition coefficient (Wildman–Crippen LogP) is 3.46. The van der Waals surface area contributed by atoms with Gasteiger partial charge < -0.3 is 10.1 Å². The molecule has 0 fully saturated rings. The number of hydrogen-bond acceptors (Lipinski definition) is 6. The molecular formula is C19H14N2O4S2. The topological polar surface area (TPSA) is 84.8 Å². The second kappa shape index (κ2) is 6.98. The fraction of sp³-hybridized carbons (Fsp3) is 0.0526. The average molecular weight is 398 g/mol. The third kappa shape index (κ3) is 3.76. The van der Waals surface area contributed by atoms with E-state index in [0.717, 1.165) is 4.88 Å². The summed E-state index contributed by atoms with van der Waals surface area (Å²) < 4.78 is 33.3. The lowest BCUT2D eigenvalue weighted by Crippen LogP contribution is -2.12. The Bertz CT molecular complexity index is 1120. The van der Waals surface area contributed by atoms with Crippen molar-refractivity contribution in [2.45, 2.75) is 11.3 Å². The second-order valence-corrected chi connectivity index (χ2v) is 8.40. The molecule has 0 saturated carbocycles. The van der Waals surface area contributed by atoms with E-state index in [9.17, 15) is 13.2 Å². The number of ether oxygens (including phenoxy) is 1. The number of rotatable bonds is 4. The second-order valence-electron chi connectivity index (χ2n) is 5.79. The van der Waals surface area contributed by atoms with E-state index in [2.05, 4.69) is 9.71 Å². The van der Waals surface area contributed by atoms with Crippen LogP contribution in [0.3, 0.4) is 0 Å². The summed E-state index contributed by atoms with van der Waals surface area (Å²) in [6, 6.07) is 17.1. The largest absolute Gasteiger partial charge is 0.426 e. The van der Waals surface area contributed by atoms with Gasteiger partial charge in [0.15, 0.2) is 5.84 Å². The van der Waals surface area contributed by atoms with Gasteiger partial charge in [0.2, 0.25) is 0 Å². The first-order chi connectivity index (χ1) is 13.0. The zero-order valence-corrected chi connectivity index (χ0v) is 15.6. The third-order valence-electron chi connectivity index (χ3n) is 3.88. The smallest absolute Gasteiger partial charge is 0.316 e. The van der Waals surface area contributed by atoms with Crippen molar-refractivity contribution >= 4 is 38.9 Å². The highest BCUT2D eigenvalue weighted by atomic mass is 32.2. The first-order valence-corrected chi connectivity index (χ1v) is 10.4. The lowest BCUT2D eigenvalue weighted by atomic mass is 10.2. The van der Waals surface area contributed by atoms with Crippen LogP contribution >= 0.6 is 11.3 Å². The first-order valence-electron chi connectivity index (χ1n) is 8.06. The number of carbonyl (C=O) groups excluding carboxylic acids is 1. The fourth-order valence-corrected chi connectivity index (χ4v) is 4.53. The van der Waals surface area contributed by atoms with Gasteiger partial charge in [-0.3, -0.25) is 4.79 Å². The summed E-state index contributed by atoms with van der Waals surface area (Å²) in [7, 11) is -3.67. The van der Waals surface area contributed by atoms with E-state index in [1.54, 1.807) is 42.5 Å². The molecule has 4 rings (SSSR count). The summed E-state index contributed by atoms with van der Waals surface area (Å²) in [5.74, 6) is 0.356. The van der Waals surface area contributed by atoms with Gasteiger partial charge in [-0.05, 0) is 47.8 Å². The number of hydrogen-bond donors (Lipinski definition) is 1. The minimum atomic E-state index is -3.67. The summed E-state index contributed by atoms with van der Waals surface area (Å²) in [4.78, 5) is 13.1. The highest BCUT2D eigenvalue weighted by molar-refractivity contribution is 7.90. The summed E-state index contributed by atoms with van der Waals surface area (Å²) in [6.07, 6.45) is 0.225. The number of benzene rings is 2. The number of anilines is 1. The number of nitrogens with one attached hydrogen (secondary N) is 1. The van der Waals surface area contributed by atoms with Crippen LogP contribution in [0.2, 0.25) is 0 Å². The van der Waals surface area contributed by atoms with E-state index in [1.807, 2.05) is 17.5 Å². The zero-order chi connectivity index (χ0) is 18.9. The highest BCUT2D eigenvalue weighted by Crippen LogP contribution is 2.27. The van der Waals surface area contributed by atoms with Crippen molar-refractivity contribution < 1.29 is 17.9 Å². The van der Waals surface area contributed by atoms with E-state index in [0.29, 0.717) is 17.0 Å². The molecule has 0 atom stereocenters. The van der Waals surface area contributed by atoms with Crippen LogP contribution in [-0.4, -0.2) is 20.2 Å². The Morgan fingerprint density at radius 2 is 1.81 bits per heavy atom. The van der Waals surface area contributed by atoms with Gasteiger partial charge in [-0.2, -0.15) is 8.42 Å². The van der Waals surface area contributed by atoms with Crippen LogP contribution in [0.1, 0.15) is 10.4 Å². The van der Waals surface area contributed by atoms with Gasteiger partial charge in [-0.25, -0.2) is 0 Å². The van der Waals surface area contributed by atoms with Gasteiger partial charge in [0.1, 0.15) is 10.6 Å². The standard InChI is InChI=1S/C19H14N2O4S2/c22-18(12-15-4-3-11-26-15)25-14-9-7-13(8-10-14)20-19-16-5-1-2-6-17(16)27(23,24)21-19/h1-11H,12H2,(H,20,21). The number of esters is 1. The van der Waals surface area contributed by atoms with Crippen LogP contribution in [-0.2, 0) is 21.2 Å². The van der Waals surface area contributed by atoms with Gasteiger partial charge in [-0.15, -0.1) is 15.7 Å². The molecule has 27 heavy (non-hydrogen) atoms. The summed E-state index contributed by atoms with van der Waals surface area (Å²) >= 11 is 1.50. The minimum absolute atomic E-state index is 0.187. The molecule has 0 amide bonds. The molecule has 0 saturated heterocycles. The van der Waals surface area contributed by atoms with E-state index >= 15 is 0 Å². The lowest BCUT2D eigenvalue weighted by Gasteiger charge is -2.08. The molecular weight excluding hydrogens is 384 g/mol. The van der Waals surface area contributed by atoms with E-state index in [4.69, 9.17) is 4.74 Å². The molecule has 0 aliphatic carbocycles. The normalized spacial score (nSPS) is 14.3. The molecule has 3 aromatic rings. The van der Waals surface area contributed by atoms with Gasteiger partial charge >= 0.3 is 5.97 Å². The van der Waals surface area contributed by atoms with E-state index in [1.165, 1.54) is 17.4 Å². The minimum Gasteiger partial charge on any atom is -0.426 e. The van der Waals surface area contributed by atoms with Crippen LogP contribution in [0.25, 0.3) is 0 Å². The number of nitrogens with zero attached hydrogens (tertiary/aromatic N) is 1. The number of sulfonamides is 1. The van der Waals surface area contributed by atoms with Gasteiger partial charge in [0.25, 0.3) is 10.0 Å². The molecule has 2 heterocycles. The summed E-state index contributed by atoms with van der Waals surface area (Å²) in [5.41, 5.74) is 1.17. The number of fused-ring (bicyclic) bond motifs is 1.